The zero-order chi connectivity index (χ0) is 18.1. The summed E-state index contributed by atoms with van der Waals surface area (Å²) in [6.07, 6.45) is 0.00154. The number of hydrogen-bond donors (Lipinski definition) is 3. The third-order valence-corrected chi connectivity index (χ3v) is 6.10. The monoisotopic (exact) mass is 397 g/mol. The van der Waals surface area contributed by atoms with E-state index in [0.29, 0.717) is 19.5 Å². The first-order chi connectivity index (χ1) is 11.1. The van der Waals surface area contributed by atoms with Crippen molar-refractivity contribution in [3.63, 3.8) is 0 Å². The molecule has 1 saturated carbocycles. The van der Waals surface area contributed by atoms with Crippen LogP contribution in [0.4, 0.5) is 0 Å². The highest BCUT2D eigenvalue weighted by atomic mass is 35.5. The van der Waals surface area contributed by atoms with Crippen LogP contribution in [0.25, 0.3) is 0 Å². The summed E-state index contributed by atoms with van der Waals surface area (Å²) in [4.78, 5) is 1.97. The average Bonchev–Trinajstić information content (AvgIpc) is 2.99. The highest BCUT2D eigenvalue weighted by Gasteiger charge is 2.43. The third kappa shape index (κ3) is 5.60. The van der Waals surface area contributed by atoms with Crippen molar-refractivity contribution in [2.45, 2.75) is 56.9 Å². The van der Waals surface area contributed by atoms with E-state index in [1.807, 2.05) is 19.0 Å². The smallest absolute Gasteiger partial charge is 0.214 e. The molecule has 9 nitrogen and oxygen atoms in total. The molecule has 11 heteroatoms. The number of halogens is 1. The van der Waals surface area contributed by atoms with Crippen molar-refractivity contribution in [3.05, 3.63) is 11.9 Å². The summed E-state index contributed by atoms with van der Waals surface area (Å²) in [6.45, 7) is 4.17. The number of aliphatic hydroxyl groups is 2. The second-order valence-electron chi connectivity index (χ2n) is 6.96. The van der Waals surface area contributed by atoms with E-state index in [1.165, 1.54) is 0 Å². The quantitative estimate of drug-likeness (QED) is 0.550. The number of hydrogen-bond acceptors (Lipinski definition) is 7. The summed E-state index contributed by atoms with van der Waals surface area (Å²) in [7, 11) is 0.359. The molecular formula is C14H28ClN5O4S. The van der Waals surface area contributed by atoms with Gasteiger partial charge < -0.3 is 15.1 Å². The molecule has 1 aromatic heterocycles. The molecule has 0 radical (unpaired) electrons. The van der Waals surface area contributed by atoms with Crippen LogP contribution in [-0.2, 0) is 23.1 Å². The Labute approximate surface area is 154 Å². The minimum atomic E-state index is -3.51. The lowest BCUT2D eigenvalue weighted by atomic mass is 10.1. The fraction of sp³-hybridized carbons (Fsp3) is 0.857. The normalized spacial score (nSPS) is 27.0. The molecule has 25 heavy (non-hydrogen) atoms. The number of nitrogens with zero attached hydrogens (tertiary/aromatic N) is 4. The van der Waals surface area contributed by atoms with Crippen molar-refractivity contribution in [1.29, 1.82) is 0 Å². The van der Waals surface area contributed by atoms with Crippen LogP contribution >= 0.6 is 12.4 Å². The zero-order valence-corrected chi connectivity index (χ0v) is 16.5. The third-order valence-electron chi connectivity index (χ3n) is 4.22. The molecule has 0 amide bonds. The Balaban J connectivity index is 0.00000312. The van der Waals surface area contributed by atoms with Gasteiger partial charge in [0.15, 0.2) is 0 Å². The molecule has 0 aromatic carbocycles. The van der Waals surface area contributed by atoms with E-state index in [4.69, 9.17) is 0 Å². The van der Waals surface area contributed by atoms with Gasteiger partial charge in [-0.25, -0.2) is 13.1 Å². The van der Waals surface area contributed by atoms with E-state index in [2.05, 4.69) is 15.0 Å². The Hall–Kier alpha value is -0.780. The first-order valence-corrected chi connectivity index (χ1v) is 9.55. The molecular weight excluding hydrogens is 370 g/mol. The van der Waals surface area contributed by atoms with Gasteiger partial charge in [-0.3, -0.25) is 4.68 Å². The molecule has 0 spiro atoms. The van der Waals surface area contributed by atoms with Gasteiger partial charge in [0.25, 0.3) is 0 Å². The maximum Gasteiger partial charge on any atom is 0.214 e. The van der Waals surface area contributed by atoms with E-state index in [0.717, 1.165) is 5.69 Å². The fourth-order valence-corrected chi connectivity index (χ4v) is 3.76. The second-order valence-corrected chi connectivity index (χ2v) is 9.23. The van der Waals surface area contributed by atoms with Gasteiger partial charge in [0.2, 0.25) is 10.0 Å². The standard InChI is InChI=1S/C14H27N5O4S.ClH/c1-9(2)24(22,23)16-12-5-10(13(20)14(12)21)6-19-8-11(15-17-19)7-18(3)4;/h8-10,12-14,16,20-21H,5-7H2,1-4H3;1H/t10-,12-,13-,14+;/m1./s1. The highest BCUT2D eigenvalue weighted by Crippen LogP contribution is 2.29. The van der Waals surface area contributed by atoms with Gasteiger partial charge in [0.05, 0.1) is 29.2 Å². The van der Waals surface area contributed by atoms with E-state index < -0.39 is 33.5 Å². The second kappa shape index (κ2) is 8.74. The van der Waals surface area contributed by atoms with E-state index in [9.17, 15) is 18.6 Å². The number of nitrogens with one attached hydrogen (secondary N) is 1. The lowest BCUT2D eigenvalue weighted by Crippen LogP contribution is -2.45. The average molecular weight is 398 g/mol. The van der Waals surface area contributed by atoms with Gasteiger partial charge in [-0.1, -0.05) is 5.21 Å². The molecule has 146 valence electrons. The van der Waals surface area contributed by atoms with Crippen molar-refractivity contribution in [3.8, 4) is 0 Å². The van der Waals surface area contributed by atoms with E-state index in [-0.39, 0.29) is 18.3 Å². The number of sulfonamides is 1. The molecule has 4 atom stereocenters. The minimum Gasteiger partial charge on any atom is -0.390 e. The molecule has 0 saturated heterocycles. The Morgan fingerprint density at radius 1 is 1.36 bits per heavy atom. The molecule has 0 aliphatic heterocycles. The summed E-state index contributed by atoms with van der Waals surface area (Å²) >= 11 is 0. The summed E-state index contributed by atoms with van der Waals surface area (Å²) in [6, 6.07) is -0.692. The predicted octanol–water partition coefficient (Wildman–Crippen LogP) is -0.800. The van der Waals surface area contributed by atoms with Crippen LogP contribution in [0.3, 0.4) is 0 Å². The lowest BCUT2D eigenvalue weighted by Gasteiger charge is -2.19. The van der Waals surface area contributed by atoms with Crippen molar-refractivity contribution >= 4 is 22.4 Å². The van der Waals surface area contributed by atoms with Gasteiger partial charge in [0, 0.05) is 25.2 Å². The Morgan fingerprint density at radius 2 is 2.00 bits per heavy atom. The molecule has 0 bridgehead atoms. The topological polar surface area (TPSA) is 121 Å². The number of aromatic nitrogens is 3. The molecule has 0 unspecified atom stereocenters. The van der Waals surface area contributed by atoms with Crippen molar-refractivity contribution < 1.29 is 18.6 Å². The van der Waals surface area contributed by atoms with Gasteiger partial charge in [-0.2, -0.15) is 0 Å². The Bertz CT molecular complexity index is 651. The Morgan fingerprint density at radius 3 is 2.56 bits per heavy atom. The molecule has 1 aliphatic carbocycles. The summed E-state index contributed by atoms with van der Waals surface area (Å²) in [5, 5.41) is 27.9. The SMILES string of the molecule is CC(C)S(=O)(=O)N[C@@H]1C[C@H](Cn2cc(CN(C)C)nn2)[C@@H](O)[C@H]1O.Cl. The molecule has 1 aromatic rings. The van der Waals surface area contributed by atoms with Crippen LogP contribution in [0.5, 0.6) is 0 Å². The highest BCUT2D eigenvalue weighted by molar-refractivity contribution is 7.90. The van der Waals surface area contributed by atoms with Crippen LogP contribution in [-0.4, -0.2) is 76.1 Å². The molecule has 2 rings (SSSR count). The van der Waals surface area contributed by atoms with Crippen LogP contribution in [0.2, 0.25) is 0 Å². The van der Waals surface area contributed by atoms with Crippen molar-refractivity contribution in [2.24, 2.45) is 5.92 Å². The first-order valence-electron chi connectivity index (χ1n) is 8.01. The van der Waals surface area contributed by atoms with Crippen LogP contribution in [0.15, 0.2) is 6.20 Å². The molecule has 3 N–H and O–H groups in total. The van der Waals surface area contributed by atoms with Crippen LogP contribution < -0.4 is 4.72 Å². The van der Waals surface area contributed by atoms with Gasteiger partial charge in [0.1, 0.15) is 0 Å². The summed E-state index contributed by atoms with van der Waals surface area (Å²) in [5.74, 6) is -0.297. The largest absolute Gasteiger partial charge is 0.390 e. The first kappa shape index (κ1) is 22.3. The number of rotatable bonds is 7. The maximum absolute atomic E-state index is 12.0. The molecule has 1 fully saturated rings. The van der Waals surface area contributed by atoms with Gasteiger partial charge in [-0.15, -0.1) is 17.5 Å². The van der Waals surface area contributed by atoms with Crippen molar-refractivity contribution in [2.75, 3.05) is 14.1 Å². The lowest BCUT2D eigenvalue weighted by molar-refractivity contribution is 0.00970. The van der Waals surface area contributed by atoms with Gasteiger partial charge in [-0.05, 0) is 34.4 Å². The van der Waals surface area contributed by atoms with Crippen LogP contribution in [0.1, 0.15) is 26.0 Å². The number of aliphatic hydroxyl groups excluding tert-OH is 2. The predicted molar refractivity (Wildman–Crippen MR) is 95.8 cm³/mol. The fourth-order valence-electron chi connectivity index (χ4n) is 2.83. The molecule has 1 aliphatic rings. The maximum atomic E-state index is 12.0. The Kier molecular flexibility index (Phi) is 7.78. The minimum absolute atomic E-state index is 0. The summed E-state index contributed by atoms with van der Waals surface area (Å²) in [5.41, 5.74) is 0.810. The zero-order valence-electron chi connectivity index (χ0n) is 14.9. The van der Waals surface area contributed by atoms with E-state index >= 15 is 0 Å². The van der Waals surface area contributed by atoms with Crippen molar-refractivity contribution in [1.82, 2.24) is 24.6 Å². The summed E-state index contributed by atoms with van der Waals surface area (Å²) < 4.78 is 28.1. The molecule has 1 heterocycles. The van der Waals surface area contributed by atoms with Crippen LogP contribution in [0, 0.1) is 5.92 Å². The van der Waals surface area contributed by atoms with Gasteiger partial charge >= 0.3 is 0 Å². The van der Waals surface area contributed by atoms with E-state index in [1.54, 1.807) is 24.7 Å².